The number of nitrogens with zero attached hydrogens (tertiary/aromatic N) is 2. The van der Waals surface area contributed by atoms with E-state index in [1.807, 2.05) is 6.07 Å². The van der Waals surface area contributed by atoms with Crippen molar-refractivity contribution in [2.75, 3.05) is 13.2 Å². The van der Waals surface area contributed by atoms with Gasteiger partial charge in [0, 0.05) is 10.5 Å². The summed E-state index contributed by atoms with van der Waals surface area (Å²) in [5.41, 5.74) is -1.28. The molecular formula is C10H7BrN2O4. The standard InChI is InChI=1S/C10H7BrN2O4/c11-7-1-2-9(8(3-7)13(14)15)17-10(4-12)5-16-6-10/h1-3H,5-6H2. The molecule has 0 atom stereocenters. The molecule has 7 heteroatoms. The largest absolute Gasteiger partial charge is 0.460 e. The third kappa shape index (κ3) is 2.23. The van der Waals surface area contributed by atoms with Gasteiger partial charge in [0.1, 0.15) is 19.3 Å². The Kier molecular flexibility index (Phi) is 3.00. The number of ether oxygens (including phenoxy) is 2. The molecule has 1 heterocycles. The van der Waals surface area contributed by atoms with Gasteiger partial charge in [0.2, 0.25) is 5.60 Å². The van der Waals surface area contributed by atoms with Crippen molar-refractivity contribution in [3.8, 4) is 11.8 Å². The van der Waals surface area contributed by atoms with Gasteiger partial charge in [-0.3, -0.25) is 10.1 Å². The van der Waals surface area contributed by atoms with Crippen molar-refractivity contribution in [1.82, 2.24) is 0 Å². The van der Waals surface area contributed by atoms with Crippen LogP contribution in [0.4, 0.5) is 5.69 Å². The molecule has 1 aliphatic rings. The molecule has 0 aliphatic carbocycles. The summed E-state index contributed by atoms with van der Waals surface area (Å²) in [6.07, 6.45) is 0. The smallest absolute Gasteiger partial charge is 0.312 e. The van der Waals surface area contributed by atoms with Crippen LogP contribution in [0.25, 0.3) is 0 Å². The third-order valence-corrected chi connectivity index (χ3v) is 2.79. The van der Waals surface area contributed by atoms with Gasteiger partial charge < -0.3 is 9.47 Å². The van der Waals surface area contributed by atoms with Gasteiger partial charge in [-0.2, -0.15) is 5.26 Å². The fourth-order valence-electron chi connectivity index (χ4n) is 1.36. The predicted molar refractivity (Wildman–Crippen MR) is 60.6 cm³/mol. The van der Waals surface area contributed by atoms with E-state index in [4.69, 9.17) is 14.7 Å². The molecule has 1 saturated heterocycles. The van der Waals surface area contributed by atoms with Crippen LogP contribution in [0, 0.1) is 21.4 Å². The molecular weight excluding hydrogens is 292 g/mol. The lowest BCUT2D eigenvalue weighted by atomic mass is 10.0. The second kappa shape index (κ2) is 4.31. The number of nitro groups is 1. The first kappa shape index (κ1) is 11.8. The summed E-state index contributed by atoms with van der Waals surface area (Å²) in [5, 5.41) is 19.8. The Morgan fingerprint density at radius 3 is 2.76 bits per heavy atom. The molecule has 1 aromatic rings. The second-order valence-electron chi connectivity index (χ2n) is 3.57. The van der Waals surface area contributed by atoms with Crippen LogP contribution in [-0.2, 0) is 4.74 Å². The quantitative estimate of drug-likeness (QED) is 0.629. The first-order chi connectivity index (χ1) is 8.06. The van der Waals surface area contributed by atoms with Gasteiger partial charge >= 0.3 is 5.69 Å². The van der Waals surface area contributed by atoms with Crippen LogP contribution in [0.5, 0.6) is 5.75 Å². The number of hydrogen-bond acceptors (Lipinski definition) is 5. The Balaban J connectivity index is 2.33. The lowest BCUT2D eigenvalue weighted by Gasteiger charge is -2.34. The zero-order valence-electron chi connectivity index (χ0n) is 8.55. The van der Waals surface area contributed by atoms with Crippen molar-refractivity contribution in [2.24, 2.45) is 0 Å². The molecule has 1 fully saturated rings. The van der Waals surface area contributed by atoms with Crippen LogP contribution in [-0.4, -0.2) is 23.7 Å². The first-order valence-corrected chi connectivity index (χ1v) is 5.48. The van der Waals surface area contributed by atoms with Gasteiger partial charge in [-0.05, 0) is 12.1 Å². The molecule has 0 aromatic heterocycles. The van der Waals surface area contributed by atoms with Crippen LogP contribution in [0.1, 0.15) is 0 Å². The summed E-state index contributed by atoms with van der Waals surface area (Å²) in [4.78, 5) is 10.3. The van der Waals surface area contributed by atoms with Crippen molar-refractivity contribution in [1.29, 1.82) is 5.26 Å². The van der Waals surface area contributed by atoms with Gasteiger partial charge in [0.25, 0.3) is 0 Å². The Morgan fingerprint density at radius 2 is 2.29 bits per heavy atom. The number of benzene rings is 1. The van der Waals surface area contributed by atoms with Gasteiger partial charge in [-0.15, -0.1) is 0 Å². The summed E-state index contributed by atoms with van der Waals surface area (Å²) in [7, 11) is 0. The molecule has 1 aromatic carbocycles. The van der Waals surface area contributed by atoms with Crippen molar-refractivity contribution >= 4 is 21.6 Å². The molecule has 2 rings (SSSR count). The fourth-order valence-corrected chi connectivity index (χ4v) is 1.71. The summed E-state index contributed by atoms with van der Waals surface area (Å²) in [6.45, 7) is 0.243. The lowest BCUT2D eigenvalue weighted by molar-refractivity contribution is -0.386. The zero-order chi connectivity index (χ0) is 12.5. The molecule has 0 amide bonds. The Bertz CT molecular complexity index is 508. The highest BCUT2D eigenvalue weighted by Gasteiger charge is 2.43. The summed E-state index contributed by atoms with van der Waals surface area (Å²) < 4.78 is 10.9. The molecule has 17 heavy (non-hydrogen) atoms. The number of hydrogen-bond donors (Lipinski definition) is 0. The Morgan fingerprint density at radius 1 is 1.59 bits per heavy atom. The normalized spacial score (nSPS) is 16.7. The molecule has 0 N–H and O–H groups in total. The summed E-state index contributed by atoms with van der Waals surface area (Å²) >= 11 is 3.14. The highest BCUT2D eigenvalue weighted by atomic mass is 79.9. The maximum atomic E-state index is 10.8. The summed E-state index contributed by atoms with van der Waals surface area (Å²) in [6, 6.07) is 6.37. The molecule has 0 radical (unpaired) electrons. The predicted octanol–water partition coefficient (Wildman–Crippen LogP) is 2.03. The van der Waals surface area contributed by atoms with Gasteiger partial charge in [-0.1, -0.05) is 15.9 Å². The second-order valence-corrected chi connectivity index (χ2v) is 4.49. The zero-order valence-corrected chi connectivity index (χ0v) is 10.1. The van der Waals surface area contributed by atoms with Crippen molar-refractivity contribution in [3.05, 3.63) is 32.8 Å². The molecule has 0 spiro atoms. The van der Waals surface area contributed by atoms with E-state index in [9.17, 15) is 10.1 Å². The van der Waals surface area contributed by atoms with Crippen LogP contribution >= 0.6 is 15.9 Å². The van der Waals surface area contributed by atoms with Gasteiger partial charge in [0.15, 0.2) is 5.75 Å². The van der Waals surface area contributed by atoms with E-state index < -0.39 is 10.5 Å². The molecule has 0 saturated carbocycles. The highest BCUT2D eigenvalue weighted by Crippen LogP contribution is 2.34. The van der Waals surface area contributed by atoms with Crippen LogP contribution < -0.4 is 4.74 Å². The van der Waals surface area contributed by atoms with Crippen molar-refractivity contribution < 1.29 is 14.4 Å². The van der Waals surface area contributed by atoms with Crippen LogP contribution in [0.3, 0.4) is 0 Å². The SMILES string of the molecule is N#CC1(Oc2ccc(Br)cc2[N+](=O)[O-])COC1. The van der Waals surface area contributed by atoms with Crippen molar-refractivity contribution in [3.63, 3.8) is 0 Å². The van der Waals surface area contributed by atoms with E-state index in [2.05, 4.69) is 15.9 Å². The molecule has 0 unspecified atom stereocenters. The minimum atomic E-state index is -1.10. The monoisotopic (exact) mass is 298 g/mol. The van der Waals surface area contributed by atoms with E-state index >= 15 is 0 Å². The van der Waals surface area contributed by atoms with Gasteiger partial charge in [-0.25, -0.2) is 0 Å². The number of nitriles is 1. The number of nitro benzene ring substituents is 1. The fraction of sp³-hybridized carbons (Fsp3) is 0.300. The molecule has 6 nitrogen and oxygen atoms in total. The van der Waals surface area contributed by atoms with E-state index in [-0.39, 0.29) is 24.7 Å². The first-order valence-electron chi connectivity index (χ1n) is 4.68. The molecule has 0 bridgehead atoms. The maximum absolute atomic E-state index is 10.8. The van der Waals surface area contributed by atoms with Gasteiger partial charge in [0.05, 0.1) is 4.92 Å². The van der Waals surface area contributed by atoms with E-state index in [1.165, 1.54) is 12.1 Å². The summed E-state index contributed by atoms with van der Waals surface area (Å²) in [5.74, 6) is 0.0723. The average Bonchev–Trinajstić information content (AvgIpc) is 2.25. The van der Waals surface area contributed by atoms with Crippen LogP contribution in [0.2, 0.25) is 0 Å². The number of halogens is 1. The molecule has 1 aliphatic heterocycles. The van der Waals surface area contributed by atoms with E-state index in [1.54, 1.807) is 6.07 Å². The topological polar surface area (TPSA) is 85.4 Å². The lowest BCUT2D eigenvalue weighted by Crippen LogP contribution is -2.53. The Hall–Kier alpha value is -1.65. The minimum absolute atomic E-state index is 0.0723. The molecule has 88 valence electrons. The third-order valence-electron chi connectivity index (χ3n) is 2.30. The van der Waals surface area contributed by atoms with Crippen molar-refractivity contribution in [2.45, 2.75) is 5.60 Å². The Labute approximate surface area is 105 Å². The number of rotatable bonds is 3. The van der Waals surface area contributed by atoms with E-state index in [0.717, 1.165) is 0 Å². The maximum Gasteiger partial charge on any atom is 0.312 e. The minimum Gasteiger partial charge on any atom is -0.460 e. The van der Waals surface area contributed by atoms with E-state index in [0.29, 0.717) is 4.47 Å². The van der Waals surface area contributed by atoms with Crippen LogP contribution in [0.15, 0.2) is 22.7 Å². The average molecular weight is 299 g/mol. The highest BCUT2D eigenvalue weighted by molar-refractivity contribution is 9.10.